The predicted octanol–water partition coefficient (Wildman–Crippen LogP) is 3.32. The zero-order valence-electron chi connectivity index (χ0n) is 9.88. The van der Waals surface area contributed by atoms with E-state index in [2.05, 4.69) is 18.3 Å². The minimum atomic E-state index is -0.107. The quantitative estimate of drug-likeness (QED) is 0.752. The summed E-state index contributed by atoms with van der Waals surface area (Å²) in [5.41, 5.74) is 1.18. The maximum atomic E-state index is 13.1. The van der Waals surface area contributed by atoms with Crippen LogP contribution in [-0.4, -0.2) is 13.1 Å². The molecular formula is C14H20FN. The highest BCUT2D eigenvalue weighted by Crippen LogP contribution is 2.42. The van der Waals surface area contributed by atoms with E-state index >= 15 is 0 Å². The SMILES string of the molecule is CCCNCC1CCC1c1cccc(F)c1. The lowest BCUT2D eigenvalue weighted by Gasteiger charge is -2.37. The van der Waals surface area contributed by atoms with Crippen LogP contribution in [0.1, 0.15) is 37.7 Å². The molecule has 0 spiro atoms. The van der Waals surface area contributed by atoms with E-state index in [1.54, 1.807) is 6.07 Å². The normalized spacial score (nSPS) is 24.1. The molecule has 16 heavy (non-hydrogen) atoms. The van der Waals surface area contributed by atoms with Crippen molar-refractivity contribution in [2.75, 3.05) is 13.1 Å². The molecular weight excluding hydrogens is 201 g/mol. The van der Waals surface area contributed by atoms with Crippen molar-refractivity contribution < 1.29 is 4.39 Å². The molecule has 1 aromatic rings. The van der Waals surface area contributed by atoms with Gasteiger partial charge in [0.15, 0.2) is 0 Å². The Kier molecular flexibility index (Phi) is 3.94. The number of hydrogen-bond acceptors (Lipinski definition) is 1. The summed E-state index contributed by atoms with van der Waals surface area (Å²) in [7, 11) is 0. The molecule has 0 heterocycles. The smallest absolute Gasteiger partial charge is 0.123 e. The Bertz CT molecular complexity index is 337. The second-order valence-corrected chi connectivity index (χ2v) is 4.70. The van der Waals surface area contributed by atoms with Crippen LogP contribution in [0.2, 0.25) is 0 Å². The van der Waals surface area contributed by atoms with Crippen LogP contribution in [0, 0.1) is 11.7 Å². The molecule has 1 aliphatic carbocycles. The van der Waals surface area contributed by atoms with Crippen LogP contribution in [0.3, 0.4) is 0 Å². The van der Waals surface area contributed by atoms with Gasteiger partial charge in [-0.2, -0.15) is 0 Å². The van der Waals surface area contributed by atoms with Gasteiger partial charge in [0.05, 0.1) is 0 Å². The molecule has 0 aliphatic heterocycles. The molecule has 0 amide bonds. The third-order valence-corrected chi connectivity index (χ3v) is 3.53. The van der Waals surface area contributed by atoms with Crippen molar-refractivity contribution in [3.63, 3.8) is 0 Å². The van der Waals surface area contributed by atoms with Crippen LogP contribution < -0.4 is 5.32 Å². The maximum Gasteiger partial charge on any atom is 0.123 e. The third kappa shape index (κ3) is 2.62. The first-order chi connectivity index (χ1) is 7.81. The monoisotopic (exact) mass is 221 g/mol. The summed E-state index contributed by atoms with van der Waals surface area (Å²) in [5, 5.41) is 3.46. The summed E-state index contributed by atoms with van der Waals surface area (Å²) in [6, 6.07) is 7.09. The summed E-state index contributed by atoms with van der Waals surface area (Å²) in [5.74, 6) is 1.16. The highest BCUT2D eigenvalue weighted by Gasteiger charge is 2.31. The van der Waals surface area contributed by atoms with Crippen molar-refractivity contribution in [2.45, 2.75) is 32.1 Å². The Morgan fingerprint density at radius 3 is 2.88 bits per heavy atom. The van der Waals surface area contributed by atoms with E-state index in [1.165, 1.54) is 30.9 Å². The average Bonchev–Trinajstić information content (AvgIpc) is 2.23. The Morgan fingerprint density at radius 2 is 2.25 bits per heavy atom. The first-order valence-electron chi connectivity index (χ1n) is 6.27. The van der Waals surface area contributed by atoms with Gasteiger partial charge < -0.3 is 5.32 Å². The van der Waals surface area contributed by atoms with Gasteiger partial charge in [-0.05, 0) is 61.9 Å². The molecule has 0 radical (unpaired) electrons. The minimum Gasteiger partial charge on any atom is -0.316 e. The summed E-state index contributed by atoms with van der Waals surface area (Å²) in [6.45, 7) is 4.35. The second kappa shape index (κ2) is 5.44. The summed E-state index contributed by atoms with van der Waals surface area (Å²) in [4.78, 5) is 0. The molecule has 0 saturated heterocycles. The lowest BCUT2D eigenvalue weighted by atomic mass is 9.70. The van der Waals surface area contributed by atoms with Crippen LogP contribution in [0.25, 0.3) is 0 Å². The van der Waals surface area contributed by atoms with Crippen molar-refractivity contribution in [1.82, 2.24) is 5.32 Å². The second-order valence-electron chi connectivity index (χ2n) is 4.70. The van der Waals surface area contributed by atoms with Crippen LogP contribution in [0.5, 0.6) is 0 Å². The molecule has 2 unspecified atom stereocenters. The molecule has 1 fully saturated rings. The van der Waals surface area contributed by atoms with Gasteiger partial charge in [-0.1, -0.05) is 19.1 Å². The topological polar surface area (TPSA) is 12.0 Å². The van der Waals surface area contributed by atoms with Gasteiger partial charge >= 0.3 is 0 Å². The number of nitrogens with one attached hydrogen (secondary N) is 1. The number of rotatable bonds is 5. The van der Waals surface area contributed by atoms with E-state index in [-0.39, 0.29) is 5.82 Å². The molecule has 1 nitrogen and oxygen atoms in total. The minimum absolute atomic E-state index is 0.107. The Morgan fingerprint density at radius 1 is 1.38 bits per heavy atom. The van der Waals surface area contributed by atoms with Crippen molar-refractivity contribution >= 4 is 0 Å². The molecule has 2 heteroatoms. The summed E-state index contributed by atoms with van der Waals surface area (Å²) >= 11 is 0. The molecule has 1 N–H and O–H groups in total. The van der Waals surface area contributed by atoms with Gasteiger partial charge in [-0.3, -0.25) is 0 Å². The van der Waals surface area contributed by atoms with Gasteiger partial charge in [-0.15, -0.1) is 0 Å². The fourth-order valence-corrected chi connectivity index (χ4v) is 2.45. The fourth-order valence-electron chi connectivity index (χ4n) is 2.45. The van der Waals surface area contributed by atoms with Gasteiger partial charge in [0, 0.05) is 0 Å². The van der Waals surface area contributed by atoms with Gasteiger partial charge in [-0.25, -0.2) is 4.39 Å². The van der Waals surface area contributed by atoms with E-state index in [0.717, 1.165) is 13.1 Å². The van der Waals surface area contributed by atoms with Gasteiger partial charge in [0.25, 0.3) is 0 Å². The Hall–Kier alpha value is -0.890. The zero-order chi connectivity index (χ0) is 11.4. The highest BCUT2D eigenvalue weighted by molar-refractivity contribution is 5.23. The standard InChI is InChI=1S/C14H20FN/c1-2-8-16-10-12-6-7-14(12)11-4-3-5-13(15)9-11/h3-5,9,12,14,16H,2,6-8,10H2,1H3. The van der Waals surface area contributed by atoms with Gasteiger partial charge in [0.2, 0.25) is 0 Å². The lowest BCUT2D eigenvalue weighted by Crippen LogP contribution is -2.34. The van der Waals surface area contributed by atoms with E-state index in [9.17, 15) is 4.39 Å². The zero-order valence-corrected chi connectivity index (χ0v) is 9.88. The number of halogens is 1. The van der Waals surface area contributed by atoms with Crippen LogP contribution >= 0.6 is 0 Å². The van der Waals surface area contributed by atoms with Crippen molar-refractivity contribution in [1.29, 1.82) is 0 Å². The van der Waals surface area contributed by atoms with Crippen LogP contribution in [0.15, 0.2) is 24.3 Å². The van der Waals surface area contributed by atoms with E-state index < -0.39 is 0 Å². The molecule has 2 atom stereocenters. The molecule has 0 aromatic heterocycles. The lowest BCUT2D eigenvalue weighted by molar-refractivity contribution is 0.246. The van der Waals surface area contributed by atoms with E-state index in [1.807, 2.05) is 6.07 Å². The molecule has 1 saturated carbocycles. The molecule has 88 valence electrons. The van der Waals surface area contributed by atoms with Crippen molar-refractivity contribution in [2.24, 2.45) is 5.92 Å². The number of hydrogen-bond donors (Lipinski definition) is 1. The summed E-state index contributed by atoms with van der Waals surface area (Å²) < 4.78 is 13.1. The van der Waals surface area contributed by atoms with Gasteiger partial charge in [0.1, 0.15) is 5.82 Å². The average molecular weight is 221 g/mol. The maximum absolute atomic E-state index is 13.1. The largest absolute Gasteiger partial charge is 0.316 e. The molecule has 2 rings (SSSR count). The van der Waals surface area contributed by atoms with E-state index in [4.69, 9.17) is 0 Å². The van der Waals surface area contributed by atoms with Crippen LogP contribution in [-0.2, 0) is 0 Å². The Balaban J connectivity index is 1.90. The van der Waals surface area contributed by atoms with Crippen LogP contribution in [0.4, 0.5) is 4.39 Å². The van der Waals surface area contributed by atoms with Crippen molar-refractivity contribution in [3.05, 3.63) is 35.6 Å². The number of benzene rings is 1. The summed E-state index contributed by atoms with van der Waals surface area (Å²) in [6.07, 6.45) is 3.66. The molecule has 0 bridgehead atoms. The predicted molar refractivity (Wildman–Crippen MR) is 65.0 cm³/mol. The third-order valence-electron chi connectivity index (χ3n) is 3.53. The van der Waals surface area contributed by atoms with Crippen molar-refractivity contribution in [3.8, 4) is 0 Å². The highest BCUT2D eigenvalue weighted by atomic mass is 19.1. The first-order valence-corrected chi connectivity index (χ1v) is 6.27. The van der Waals surface area contributed by atoms with E-state index in [0.29, 0.717) is 11.8 Å². The molecule has 1 aliphatic rings. The molecule has 1 aromatic carbocycles. The Labute approximate surface area is 97.1 Å². The first kappa shape index (κ1) is 11.6. The fraction of sp³-hybridized carbons (Fsp3) is 0.571.